The first-order valence-corrected chi connectivity index (χ1v) is 5.04. The second-order valence-electron chi connectivity index (χ2n) is 3.69. The van der Waals surface area contributed by atoms with Gasteiger partial charge in [-0.15, -0.1) is 0 Å². The van der Waals surface area contributed by atoms with E-state index in [0.29, 0.717) is 0 Å². The molecule has 0 radical (unpaired) electrons. The van der Waals surface area contributed by atoms with E-state index >= 15 is 0 Å². The summed E-state index contributed by atoms with van der Waals surface area (Å²) in [6.45, 7) is 4.57. The van der Waals surface area contributed by atoms with E-state index < -0.39 is 5.97 Å². The third-order valence-corrected chi connectivity index (χ3v) is 2.43. The normalized spacial score (nSPS) is 14.9. The number of rotatable bonds is 5. The van der Waals surface area contributed by atoms with Crippen LogP contribution in [-0.2, 0) is 11.3 Å². The fourth-order valence-corrected chi connectivity index (χ4v) is 1.54. The molecule has 5 nitrogen and oxygen atoms in total. The summed E-state index contributed by atoms with van der Waals surface area (Å²) in [5, 5.41) is 12.9. The van der Waals surface area contributed by atoms with Crippen molar-refractivity contribution in [2.45, 2.75) is 38.8 Å². The maximum Gasteiger partial charge on any atom is 0.304 e. The van der Waals surface area contributed by atoms with Gasteiger partial charge in [-0.2, -0.15) is 5.10 Å². The third-order valence-electron chi connectivity index (χ3n) is 2.43. The lowest BCUT2D eigenvalue weighted by molar-refractivity contribution is -0.137. The summed E-state index contributed by atoms with van der Waals surface area (Å²) >= 11 is 0. The maximum absolute atomic E-state index is 10.7. The van der Waals surface area contributed by atoms with Gasteiger partial charge in [-0.25, -0.2) is 0 Å². The Hall–Kier alpha value is -1.36. The molecule has 2 unspecified atom stereocenters. The highest BCUT2D eigenvalue weighted by molar-refractivity contribution is 5.68. The van der Waals surface area contributed by atoms with E-state index in [2.05, 4.69) is 5.10 Å². The van der Waals surface area contributed by atoms with Gasteiger partial charge in [0.1, 0.15) is 0 Å². The fourth-order valence-electron chi connectivity index (χ4n) is 1.54. The molecule has 0 fully saturated rings. The lowest BCUT2D eigenvalue weighted by atomic mass is 9.92. The predicted molar refractivity (Wildman–Crippen MR) is 56.5 cm³/mol. The molecular formula is C10H17N3O2. The van der Waals surface area contributed by atoms with E-state index in [1.807, 2.05) is 20.0 Å². The van der Waals surface area contributed by atoms with Gasteiger partial charge in [0, 0.05) is 24.7 Å². The van der Waals surface area contributed by atoms with Gasteiger partial charge in [0.15, 0.2) is 0 Å². The minimum Gasteiger partial charge on any atom is -0.481 e. The molecule has 1 rings (SSSR count). The molecule has 84 valence electrons. The maximum atomic E-state index is 10.7. The molecule has 1 aromatic rings. The second-order valence-corrected chi connectivity index (χ2v) is 3.69. The molecule has 0 saturated carbocycles. The van der Waals surface area contributed by atoms with Gasteiger partial charge in [-0.05, 0) is 19.4 Å². The van der Waals surface area contributed by atoms with Crippen LogP contribution in [0.15, 0.2) is 12.4 Å². The molecule has 15 heavy (non-hydrogen) atoms. The van der Waals surface area contributed by atoms with Crippen LogP contribution in [-0.4, -0.2) is 26.9 Å². The summed E-state index contributed by atoms with van der Waals surface area (Å²) in [5.41, 5.74) is 6.66. The molecule has 3 N–H and O–H groups in total. The van der Waals surface area contributed by atoms with Crippen molar-refractivity contribution in [1.29, 1.82) is 0 Å². The largest absolute Gasteiger partial charge is 0.481 e. The Morgan fingerprint density at radius 1 is 1.73 bits per heavy atom. The Morgan fingerprint density at radius 2 is 2.40 bits per heavy atom. The molecule has 1 heterocycles. The zero-order valence-electron chi connectivity index (χ0n) is 9.05. The number of hydrogen-bond acceptors (Lipinski definition) is 3. The highest BCUT2D eigenvalue weighted by atomic mass is 16.4. The lowest BCUT2D eigenvalue weighted by Gasteiger charge is -2.16. The van der Waals surface area contributed by atoms with Crippen LogP contribution in [0.3, 0.4) is 0 Å². The number of carboxylic acid groups (broad SMARTS) is 1. The summed E-state index contributed by atoms with van der Waals surface area (Å²) in [6, 6.07) is -0.185. The highest BCUT2D eigenvalue weighted by Crippen LogP contribution is 2.21. The van der Waals surface area contributed by atoms with Crippen molar-refractivity contribution >= 4 is 5.97 Å². The Balaban J connectivity index is 2.83. The first kappa shape index (κ1) is 11.7. The molecule has 0 spiro atoms. The zero-order valence-corrected chi connectivity index (χ0v) is 9.05. The van der Waals surface area contributed by atoms with Crippen LogP contribution < -0.4 is 5.73 Å². The van der Waals surface area contributed by atoms with Crippen LogP contribution in [0.5, 0.6) is 0 Å². The number of aromatic nitrogens is 2. The standard InChI is InChI=1S/C10H17N3O2/c1-3-13-6-8(5-12-13)9(7(2)11)4-10(14)15/h5-7,9H,3-4,11H2,1-2H3,(H,14,15). The lowest BCUT2D eigenvalue weighted by Crippen LogP contribution is -2.26. The minimum absolute atomic E-state index is 0.0487. The summed E-state index contributed by atoms with van der Waals surface area (Å²) in [7, 11) is 0. The minimum atomic E-state index is -0.832. The molecule has 0 bridgehead atoms. The number of nitrogens with two attached hydrogens (primary N) is 1. The summed E-state index contributed by atoms with van der Waals surface area (Å²) in [5.74, 6) is -0.996. The Kier molecular flexibility index (Phi) is 3.85. The number of aryl methyl sites for hydroxylation is 1. The number of carbonyl (C=O) groups is 1. The topological polar surface area (TPSA) is 81.1 Å². The van der Waals surface area contributed by atoms with E-state index in [1.54, 1.807) is 10.9 Å². The van der Waals surface area contributed by atoms with Crippen molar-refractivity contribution in [2.24, 2.45) is 5.73 Å². The number of carboxylic acids is 1. The Morgan fingerprint density at radius 3 is 2.80 bits per heavy atom. The molecule has 0 amide bonds. The van der Waals surface area contributed by atoms with E-state index in [1.165, 1.54) is 0 Å². The van der Waals surface area contributed by atoms with Gasteiger partial charge in [0.25, 0.3) is 0 Å². The summed E-state index contributed by atoms with van der Waals surface area (Å²) < 4.78 is 1.77. The first-order chi connectivity index (χ1) is 7.04. The van der Waals surface area contributed by atoms with E-state index in [4.69, 9.17) is 10.8 Å². The van der Waals surface area contributed by atoms with Gasteiger partial charge >= 0.3 is 5.97 Å². The van der Waals surface area contributed by atoms with Crippen LogP contribution in [0.25, 0.3) is 0 Å². The monoisotopic (exact) mass is 211 g/mol. The molecule has 2 atom stereocenters. The highest BCUT2D eigenvalue weighted by Gasteiger charge is 2.20. The van der Waals surface area contributed by atoms with E-state index in [9.17, 15) is 4.79 Å². The number of aliphatic carboxylic acids is 1. The van der Waals surface area contributed by atoms with Crippen LogP contribution >= 0.6 is 0 Å². The molecule has 0 aliphatic heterocycles. The average molecular weight is 211 g/mol. The molecule has 1 aromatic heterocycles. The summed E-state index contributed by atoms with van der Waals surface area (Å²) in [6.07, 6.45) is 3.60. The molecule has 5 heteroatoms. The Bertz CT molecular complexity index is 333. The molecule has 0 aromatic carbocycles. The molecule has 0 aliphatic rings. The van der Waals surface area contributed by atoms with E-state index in [-0.39, 0.29) is 18.4 Å². The van der Waals surface area contributed by atoms with E-state index in [0.717, 1.165) is 12.1 Å². The second kappa shape index (κ2) is 4.93. The van der Waals surface area contributed by atoms with Gasteiger partial charge in [0.05, 0.1) is 12.6 Å². The molecular weight excluding hydrogens is 194 g/mol. The van der Waals surface area contributed by atoms with Crippen LogP contribution in [0.1, 0.15) is 31.7 Å². The Labute approximate surface area is 88.9 Å². The smallest absolute Gasteiger partial charge is 0.304 e. The quantitative estimate of drug-likeness (QED) is 0.755. The van der Waals surface area contributed by atoms with Crippen molar-refractivity contribution in [3.05, 3.63) is 18.0 Å². The zero-order chi connectivity index (χ0) is 11.4. The van der Waals surface area contributed by atoms with Crippen LogP contribution in [0, 0.1) is 0 Å². The SMILES string of the molecule is CCn1cc(C(CC(=O)O)C(C)N)cn1. The third kappa shape index (κ3) is 3.06. The first-order valence-electron chi connectivity index (χ1n) is 5.04. The van der Waals surface area contributed by atoms with Gasteiger partial charge in [0.2, 0.25) is 0 Å². The van der Waals surface area contributed by atoms with Crippen LogP contribution in [0.2, 0.25) is 0 Å². The average Bonchev–Trinajstić information content (AvgIpc) is 2.61. The van der Waals surface area contributed by atoms with Gasteiger partial charge in [-0.1, -0.05) is 0 Å². The van der Waals surface area contributed by atoms with Crippen molar-refractivity contribution in [3.8, 4) is 0 Å². The van der Waals surface area contributed by atoms with Crippen LogP contribution in [0.4, 0.5) is 0 Å². The van der Waals surface area contributed by atoms with Gasteiger partial charge < -0.3 is 10.8 Å². The summed E-state index contributed by atoms with van der Waals surface area (Å²) in [4.78, 5) is 10.7. The predicted octanol–water partition coefficient (Wildman–Crippen LogP) is 0.808. The van der Waals surface area contributed by atoms with Crippen molar-refractivity contribution in [3.63, 3.8) is 0 Å². The number of hydrogen-bond donors (Lipinski definition) is 2. The number of nitrogens with zero attached hydrogens (tertiary/aromatic N) is 2. The van der Waals surface area contributed by atoms with Crippen molar-refractivity contribution in [1.82, 2.24) is 9.78 Å². The van der Waals surface area contributed by atoms with Crippen molar-refractivity contribution < 1.29 is 9.90 Å². The fraction of sp³-hybridized carbons (Fsp3) is 0.600. The molecule has 0 saturated heterocycles. The van der Waals surface area contributed by atoms with Gasteiger partial charge in [-0.3, -0.25) is 9.48 Å². The van der Waals surface area contributed by atoms with Crippen molar-refractivity contribution in [2.75, 3.05) is 0 Å². The molecule has 0 aliphatic carbocycles.